The van der Waals surface area contributed by atoms with E-state index in [2.05, 4.69) is 4.98 Å². The standard InChI is InChI=1S/C15H16ClFN2/c16-13-2-4-15(17)12(9-13)10-14(18)3-1-11-5-7-19-8-6-11/h2,4-9,14H,1,3,10,18H2. The second kappa shape index (κ2) is 6.64. The Labute approximate surface area is 117 Å². The number of hydrogen-bond donors (Lipinski definition) is 1. The van der Waals surface area contributed by atoms with Gasteiger partial charge >= 0.3 is 0 Å². The molecule has 2 nitrogen and oxygen atoms in total. The molecule has 1 aromatic carbocycles. The fourth-order valence-corrected chi connectivity index (χ4v) is 2.18. The number of aryl methyl sites for hydroxylation is 1. The first kappa shape index (κ1) is 14.0. The fourth-order valence-electron chi connectivity index (χ4n) is 1.99. The van der Waals surface area contributed by atoms with Crippen LogP contribution in [0.2, 0.25) is 5.02 Å². The summed E-state index contributed by atoms with van der Waals surface area (Å²) >= 11 is 5.86. The second-order valence-electron chi connectivity index (χ2n) is 4.59. The van der Waals surface area contributed by atoms with Gasteiger partial charge in [-0.3, -0.25) is 4.98 Å². The average molecular weight is 279 g/mol. The minimum Gasteiger partial charge on any atom is -0.327 e. The number of pyridine rings is 1. The molecule has 2 rings (SSSR count). The Morgan fingerprint density at radius 3 is 2.68 bits per heavy atom. The number of benzene rings is 1. The number of nitrogens with zero attached hydrogens (tertiary/aromatic N) is 1. The van der Waals surface area contributed by atoms with Crippen LogP contribution in [0.4, 0.5) is 4.39 Å². The summed E-state index contributed by atoms with van der Waals surface area (Å²) < 4.78 is 13.6. The van der Waals surface area contributed by atoms with Crippen LogP contribution >= 0.6 is 11.6 Å². The van der Waals surface area contributed by atoms with Crippen molar-refractivity contribution in [2.24, 2.45) is 5.73 Å². The van der Waals surface area contributed by atoms with E-state index in [1.165, 1.54) is 11.6 Å². The third-order valence-electron chi connectivity index (χ3n) is 3.04. The molecule has 4 heteroatoms. The Bertz CT molecular complexity index is 531. The Morgan fingerprint density at radius 2 is 1.95 bits per heavy atom. The summed E-state index contributed by atoms with van der Waals surface area (Å²) in [7, 11) is 0. The second-order valence-corrected chi connectivity index (χ2v) is 5.03. The van der Waals surface area contributed by atoms with Gasteiger partial charge in [-0.15, -0.1) is 0 Å². The van der Waals surface area contributed by atoms with Gasteiger partial charge in [-0.25, -0.2) is 4.39 Å². The molecule has 0 bridgehead atoms. The van der Waals surface area contributed by atoms with Crippen LogP contribution in [0.5, 0.6) is 0 Å². The van der Waals surface area contributed by atoms with E-state index in [1.54, 1.807) is 24.5 Å². The highest BCUT2D eigenvalue weighted by atomic mass is 35.5. The fraction of sp³-hybridized carbons (Fsp3) is 0.267. The molecule has 0 fully saturated rings. The van der Waals surface area contributed by atoms with Gasteiger partial charge in [0.2, 0.25) is 0 Å². The molecule has 1 heterocycles. The highest BCUT2D eigenvalue weighted by Gasteiger charge is 2.09. The summed E-state index contributed by atoms with van der Waals surface area (Å²) in [4.78, 5) is 3.97. The van der Waals surface area contributed by atoms with E-state index in [-0.39, 0.29) is 11.9 Å². The Hall–Kier alpha value is -1.45. The molecular weight excluding hydrogens is 263 g/mol. The molecule has 1 unspecified atom stereocenters. The molecule has 0 amide bonds. The first-order chi connectivity index (χ1) is 9.15. The van der Waals surface area contributed by atoms with E-state index >= 15 is 0 Å². The summed E-state index contributed by atoms with van der Waals surface area (Å²) in [5.74, 6) is -0.247. The lowest BCUT2D eigenvalue weighted by molar-refractivity contribution is 0.566. The zero-order valence-electron chi connectivity index (χ0n) is 10.5. The van der Waals surface area contributed by atoms with Gasteiger partial charge in [-0.2, -0.15) is 0 Å². The third-order valence-corrected chi connectivity index (χ3v) is 3.28. The average Bonchev–Trinajstić information content (AvgIpc) is 2.42. The van der Waals surface area contributed by atoms with Crippen LogP contribution in [0, 0.1) is 5.82 Å². The van der Waals surface area contributed by atoms with E-state index in [4.69, 9.17) is 17.3 Å². The smallest absolute Gasteiger partial charge is 0.126 e. The molecule has 1 atom stereocenters. The van der Waals surface area contributed by atoms with Crippen molar-refractivity contribution in [3.8, 4) is 0 Å². The quantitative estimate of drug-likeness (QED) is 0.911. The molecule has 0 radical (unpaired) electrons. The highest BCUT2D eigenvalue weighted by molar-refractivity contribution is 6.30. The van der Waals surface area contributed by atoms with E-state index in [0.29, 0.717) is 17.0 Å². The zero-order chi connectivity index (χ0) is 13.7. The lowest BCUT2D eigenvalue weighted by Crippen LogP contribution is -2.24. The van der Waals surface area contributed by atoms with Crippen LogP contribution in [-0.2, 0) is 12.8 Å². The molecule has 0 aliphatic carbocycles. The summed E-state index contributed by atoms with van der Waals surface area (Å²) in [6.45, 7) is 0. The number of aromatic nitrogens is 1. The highest BCUT2D eigenvalue weighted by Crippen LogP contribution is 2.17. The first-order valence-electron chi connectivity index (χ1n) is 6.23. The number of hydrogen-bond acceptors (Lipinski definition) is 2. The molecule has 0 aliphatic rings. The van der Waals surface area contributed by atoms with Crippen molar-refractivity contribution in [2.75, 3.05) is 0 Å². The van der Waals surface area contributed by atoms with Crippen molar-refractivity contribution in [1.29, 1.82) is 0 Å². The van der Waals surface area contributed by atoms with E-state index < -0.39 is 0 Å². The van der Waals surface area contributed by atoms with Gasteiger partial charge in [0.05, 0.1) is 0 Å². The zero-order valence-corrected chi connectivity index (χ0v) is 11.3. The number of halogens is 2. The van der Waals surface area contributed by atoms with Gasteiger partial charge in [0.15, 0.2) is 0 Å². The van der Waals surface area contributed by atoms with E-state index in [1.807, 2.05) is 12.1 Å². The van der Waals surface area contributed by atoms with Gasteiger partial charge in [0, 0.05) is 23.5 Å². The summed E-state index contributed by atoms with van der Waals surface area (Å²) in [6, 6.07) is 8.42. The van der Waals surface area contributed by atoms with Crippen LogP contribution in [-0.4, -0.2) is 11.0 Å². The lowest BCUT2D eigenvalue weighted by atomic mass is 10.00. The van der Waals surface area contributed by atoms with Gasteiger partial charge in [0.1, 0.15) is 5.82 Å². The van der Waals surface area contributed by atoms with E-state index in [0.717, 1.165) is 12.8 Å². The monoisotopic (exact) mass is 278 g/mol. The van der Waals surface area contributed by atoms with Crippen molar-refractivity contribution in [2.45, 2.75) is 25.3 Å². The molecular formula is C15H16ClFN2. The van der Waals surface area contributed by atoms with E-state index in [9.17, 15) is 4.39 Å². The van der Waals surface area contributed by atoms with Gasteiger partial charge < -0.3 is 5.73 Å². The topological polar surface area (TPSA) is 38.9 Å². The van der Waals surface area contributed by atoms with Gasteiger partial charge in [-0.05, 0) is 60.7 Å². The maximum absolute atomic E-state index is 13.6. The molecule has 0 saturated heterocycles. The van der Waals surface area contributed by atoms with Crippen LogP contribution < -0.4 is 5.73 Å². The Morgan fingerprint density at radius 1 is 1.21 bits per heavy atom. The summed E-state index contributed by atoms with van der Waals surface area (Å²) in [5, 5.41) is 0.540. The lowest BCUT2D eigenvalue weighted by Gasteiger charge is -2.12. The van der Waals surface area contributed by atoms with Gasteiger partial charge in [0.25, 0.3) is 0 Å². The van der Waals surface area contributed by atoms with Crippen molar-refractivity contribution >= 4 is 11.6 Å². The number of rotatable bonds is 5. The normalized spacial score (nSPS) is 12.4. The molecule has 0 spiro atoms. The predicted octanol–water partition coefficient (Wildman–Crippen LogP) is 3.38. The molecule has 0 aliphatic heterocycles. The molecule has 2 N–H and O–H groups in total. The largest absolute Gasteiger partial charge is 0.327 e. The van der Waals surface area contributed by atoms with Gasteiger partial charge in [-0.1, -0.05) is 11.6 Å². The van der Waals surface area contributed by atoms with Crippen LogP contribution in [0.1, 0.15) is 17.5 Å². The maximum atomic E-state index is 13.6. The Kier molecular flexibility index (Phi) is 4.88. The van der Waals surface area contributed by atoms with Crippen LogP contribution in [0.15, 0.2) is 42.7 Å². The third kappa shape index (κ3) is 4.30. The van der Waals surface area contributed by atoms with Crippen molar-refractivity contribution in [3.05, 3.63) is 64.7 Å². The Balaban J connectivity index is 1.90. The summed E-state index contributed by atoms with van der Waals surface area (Å²) in [5.41, 5.74) is 7.82. The maximum Gasteiger partial charge on any atom is 0.126 e. The minimum atomic E-state index is -0.247. The summed E-state index contributed by atoms with van der Waals surface area (Å²) in [6.07, 6.45) is 5.69. The van der Waals surface area contributed by atoms with Crippen molar-refractivity contribution in [1.82, 2.24) is 4.98 Å². The molecule has 0 saturated carbocycles. The van der Waals surface area contributed by atoms with Crippen LogP contribution in [0.25, 0.3) is 0 Å². The van der Waals surface area contributed by atoms with Crippen molar-refractivity contribution in [3.63, 3.8) is 0 Å². The molecule has 100 valence electrons. The molecule has 2 aromatic rings. The molecule has 19 heavy (non-hydrogen) atoms. The molecule has 1 aromatic heterocycles. The predicted molar refractivity (Wildman–Crippen MR) is 75.6 cm³/mol. The minimum absolute atomic E-state index is 0.0823. The number of nitrogens with two attached hydrogens (primary N) is 1. The van der Waals surface area contributed by atoms with Crippen molar-refractivity contribution < 1.29 is 4.39 Å². The first-order valence-corrected chi connectivity index (χ1v) is 6.61. The SMILES string of the molecule is NC(CCc1ccncc1)Cc1cc(Cl)ccc1F. The van der Waals surface area contributed by atoms with Crippen LogP contribution in [0.3, 0.4) is 0 Å².